The van der Waals surface area contributed by atoms with Crippen LogP contribution < -0.4 is 11.1 Å². The van der Waals surface area contributed by atoms with Gasteiger partial charge in [0.1, 0.15) is 36.5 Å². The molecule has 21 heteroatoms. The highest BCUT2D eigenvalue weighted by atomic mass is 32.2. The quantitative estimate of drug-likeness (QED) is 0.0495. The van der Waals surface area contributed by atoms with E-state index in [4.69, 9.17) is 10.6 Å². The van der Waals surface area contributed by atoms with Gasteiger partial charge in [0.05, 0.1) is 6.54 Å². The Kier molecular flexibility index (Phi) is 9.75. The van der Waals surface area contributed by atoms with Gasteiger partial charge in [-0.3, -0.25) is 14.5 Å². The zero-order chi connectivity index (χ0) is 30.4. The summed E-state index contributed by atoms with van der Waals surface area (Å²) in [5.74, 6) is -3.74. The maximum absolute atomic E-state index is 13.1. The number of rotatable bonds is 14. The summed E-state index contributed by atoms with van der Waals surface area (Å²) in [4.78, 5) is 64.5. The number of aromatic nitrogens is 5. The third-order valence-electron chi connectivity index (χ3n) is 5.49. The van der Waals surface area contributed by atoms with Gasteiger partial charge in [0.15, 0.2) is 16.6 Å². The van der Waals surface area contributed by atoms with E-state index in [0.29, 0.717) is 5.57 Å². The van der Waals surface area contributed by atoms with Gasteiger partial charge in [-0.2, -0.15) is 0 Å². The molecule has 0 aromatic carbocycles. The highest BCUT2D eigenvalue weighted by molar-refractivity contribution is 8.01. The Hall–Kier alpha value is -4.50. The second kappa shape index (κ2) is 13.4. The third kappa shape index (κ3) is 6.52. The van der Waals surface area contributed by atoms with Crippen LogP contribution in [0.5, 0.6) is 0 Å². The van der Waals surface area contributed by atoms with Crippen molar-refractivity contribution in [3.05, 3.63) is 35.0 Å². The van der Waals surface area contributed by atoms with E-state index in [-0.39, 0.29) is 57.8 Å². The number of oxime groups is 2. The summed E-state index contributed by atoms with van der Waals surface area (Å²) in [6.45, 7) is 3.23. The molecule has 0 saturated carbocycles. The number of nitrogens with one attached hydrogen (secondary N) is 1. The Labute approximate surface area is 248 Å². The number of thioether (sulfide) groups is 2. The topological polar surface area (TPSA) is 250 Å². The summed E-state index contributed by atoms with van der Waals surface area (Å²) in [5, 5.41) is 41.4. The van der Waals surface area contributed by atoms with Crippen LogP contribution in [0.3, 0.4) is 0 Å². The van der Waals surface area contributed by atoms with Crippen LogP contribution in [0.15, 0.2) is 44.8 Å². The number of carboxylic acids is 2. The number of anilines is 1. The first kappa shape index (κ1) is 30.5. The number of carbonyl (C=O) groups is 4. The molecule has 1 fully saturated rings. The lowest BCUT2D eigenvalue weighted by molar-refractivity contribution is -0.150. The predicted molar refractivity (Wildman–Crippen MR) is 150 cm³/mol. The molecule has 42 heavy (non-hydrogen) atoms. The van der Waals surface area contributed by atoms with Gasteiger partial charge < -0.3 is 30.9 Å². The van der Waals surface area contributed by atoms with Gasteiger partial charge >= 0.3 is 11.9 Å². The minimum Gasteiger partial charge on any atom is -0.477 e. The van der Waals surface area contributed by atoms with Crippen LogP contribution >= 0.6 is 34.9 Å². The zero-order valence-corrected chi connectivity index (χ0v) is 24.0. The van der Waals surface area contributed by atoms with Crippen molar-refractivity contribution in [2.45, 2.75) is 23.1 Å². The Morgan fingerprint density at radius 3 is 2.79 bits per heavy atom. The summed E-state index contributed by atoms with van der Waals surface area (Å²) in [6, 6.07) is -1.03. The van der Waals surface area contributed by atoms with Crippen molar-refractivity contribution in [2.24, 2.45) is 10.3 Å². The normalized spacial score (nSPS) is 18.7. The highest BCUT2D eigenvalue weighted by Gasteiger charge is 2.54. The van der Waals surface area contributed by atoms with Gasteiger partial charge in [-0.05, 0) is 16.0 Å². The molecule has 2 amide bonds. The number of hydrogen-bond donors (Lipinski definition) is 4. The number of nitrogens with zero attached hydrogens (tertiary/aromatic N) is 8. The van der Waals surface area contributed by atoms with Crippen LogP contribution in [0, 0.1) is 0 Å². The molecule has 0 aliphatic carbocycles. The van der Waals surface area contributed by atoms with Crippen LogP contribution in [-0.2, 0) is 35.4 Å². The Morgan fingerprint density at radius 2 is 2.14 bits per heavy atom. The molecule has 2 aromatic rings. The van der Waals surface area contributed by atoms with Gasteiger partial charge in [-0.15, -0.1) is 28.2 Å². The van der Waals surface area contributed by atoms with Crippen molar-refractivity contribution in [3.63, 3.8) is 0 Å². The SMILES string of the molecule is C=CCON=C(C(=O)NC1C(=O)N2C(C(=O)O)=C(CSc3nnnn3CC(=NOC)C(=O)O)CS[C@@H]12)c1csc(N)n1. The predicted octanol–water partition coefficient (Wildman–Crippen LogP) is -0.764. The summed E-state index contributed by atoms with van der Waals surface area (Å²) in [6.07, 6.45) is 1.43. The maximum atomic E-state index is 13.1. The van der Waals surface area contributed by atoms with E-state index in [9.17, 15) is 29.4 Å². The number of nitrogen functional groups attached to an aromatic ring is 1. The lowest BCUT2D eigenvalue weighted by Gasteiger charge is -2.49. The van der Waals surface area contributed by atoms with Gasteiger partial charge in [-0.25, -0.2) is 19.3 Å². The fraction of sp³-hybridized carbons (Fsp3) is 0.333. The first-order valence-corrected chi connectivity index (χ1v) is 14.5. The van der Waals surface area contributed by atoms with Crippen molar-refractivity contribution in [1.82, 2.24) is 35.4 Å². The van der Waals surface area contributed by atoms with E-state index in [0.717, 1.165) is 28.0 Å². The van der Waals surface area contributed by atoms with Crippen molar-refractivity contribution >= 4 is 75.2 Å². The minimum absolute atomic E-state index is 0.0202. The molecule has 1 unspecified atom stereocenters. The molecule has 2 aromatic heterocycles. The molecule has 1 saturated heterocycles. The average Bonchev–Trinajstić information content (AvgIpc) is 3.60. The maximum Gasteiger partial charge on any atom is 0.355 e. The van der Waals surface area contributed by atoms with Crippen molar-refractivity contribution in [3.8, 4) is 0 Å². The molecule has 0 bridgehead atoms. The summed E-state index contributed by atoms with van der Waals surface area (Å²) >= 11 is 3.39. The fourth-order valence-electron chi connectivity index (χ4n) is 3.70. The van der Waals surface area contributed by atoms with Crippen LogP contribution in [0.1, 0.15) is 5.69 Å². The molecule has 4 heterocycles. The zero-order valence-electron chi connectivity index (χ0n) is 21.6. The molecule has 2 aliphatic rings. The molecule has 222 valence electrons. The number of aliphatic carboxylic acids is 2. The molecule has 2 atom stereocenters. The number of amides is 2. The lowest BCUT2D eigenvalue weighted by atomic mass is 10.0. The van der Waals surface area contributed by atoms with E-state index in [1.807, 2.05) is 0 Å². The second-order valence-electron chi connectivity index (χ2n) is 8.15. The minimum atomic E-state index is -1.33. The number of thiazole rings is 1. The summed E-state index contributed by atoms with van der Waals surface area (Å²) in [7, 11) is 1.20. The number of β-lactam (4-membered cyclic amide) rings is 1. The van der Waals surface area contributed by atoms with Crippen LogP contribution in [0.4, 0.5) is 5.13 Å². The molecular weight excluding hydrogens is 616 g/mol. The largest absolute Gasteiger partial charge is 0.477 e. The summed E-state index contributed by atoms with van der Waals surface area (Å²) < 4.78 is 1.17. The Bertz CT molecular complexity index is 1500. The molecule has 2 aliphatic heterocycles. The number of tetrazole rings is 1. The smallest absolute Gasteiger partial charge is 0.355 e. The lowest BCUT2D eigenvalue weighted by Crippen LogP contribution is -2.71. The molecular formula is C21H22N10O8S3. The van der Waals surface area contributed by atoms with E-state index < -0.39 is 35.2 Å². The highest BCUT2D eigenvalue weighted by Crippen LogP contribution is 2.41. The van der Waals surface area contributed by atoms with Crippen LogP contribution in [0.2, 0.25) is 0 Å². The first-order chi connectivity index (χ1) is 20.2. The third-order valence-corrected chi connectivity index (χ3v) is 8.54. The number of nitrogens with two attached hydrogens (primary N) is 1. The monoisotopic (exact) mass is 638 g/mol. The van der Waals surface area contributed by atoms with Crippen molar-refractivity contribution in [2.75, 3.05) is 31.0 Å². The summed E-state index contributed by atoms with van der Waals surface area (Å²) in [5.41, 5.74) is 5.45. The number of fused-ring (bicyclic) bond motifs is 1. The van der Waals surface area contributed by atoms with Crippen molar-refractivity contribution < 1.29 is 39.1 Å². The van der Waals surface area contributed by atoms with E-state index in [1.165, 1.54) is 35.0 Å². The molecule has 4 rings (SSSR count). The van der Waals surface area contributed by atoms with Crippen LogP contribution in [-0.4, -0.2) is 112 Å². The van der Waals surface area contributed by atoms with Gasteiger partial charge in [0, 0.05) is 16.9 Å². The number of hydrogen-bond acceptors (Lipinski definition) is 16. The first-order valence-electron chi connectivity index (χ1n) is 11.6. The van der Waals surface area contributed by atoms with Gasteiger partial charge in [0.25, 0.3) is 11.8 Å². The number of carboxylic acid groups (broad SMARTS) is 2. The van der Waals surface area contributed by atoms with Gasteiger partial charge in [-0.1, -0.05) is 34.7 Å². The molecule has 5 N–H and O–H groups in total. The van der Waals surface area contributed by atoms with Crippen molar-refractivity contribution in [1.29, 1.82) is 0 Å². The molecule has 0 spiro atoms. The second-order valence-corrected chi connectivity index (χ2v) is 11.1. The van der Waals surface area contributed by atoms with Crippen LogP contribution in [0.25, 0.3) is 0 Å². The fourth-order valence-corrected chi connectivity index (χ4v) is 6.61. The van der Waals surface area contributed by atoms with Gasteiger partial charge in [0.2, 0.25) is 5.16 Å². The Balaban J connectivity index is 1.47. The van der Waals surface area contributed by atoms with E-state index in [1.54, 1.807) is 0 Å². The average molecular weight is 639 g/mol. The molecule has 0 radical (unpaired) electrons. The molecule has 18 nitrogen and oxygen atoms in total. The standard InChI is InChI=1S/C21H22N10O8S3/c1-3-4-39-27-12(11-8-41-20(22)23-11)15(32)24-13-16(33)31-14(19(36)37)9(6-40-17(13)31)7-42-21-25-28-29-30(21)5-10(18(34)35)26-38-2/h3,8,13,17H,1,4-7H2,2H3,(H2,22,23)(H,24,32)(H,34,35)(H,36,37)/t13?,17-/m0/s1. The number of carbonyl (C=O) groups excluding carboxylic acids is 2. The Morgan fingerprint density at radius 1 is 1.36 bits per heavy atom. The van der Waals surface area contributed by atoms with E-state index >= 15 is 0 Å². The van der Waals surface area contributed by atoms with E-state index in [2.05, 4.69) is 47.6 Å².